The molecule has 128 valence electrons. The monoisotopic (exact) mass is 338 g/mol. The van der Waals surface area contributed by atoms with Gasteiger partial charge >= 0.3 is 5.97 Å². The van der Waals surface area contributed by atoms with Gasteiger partial charge in [-0.15, -0.1) is 0 Å². The van der Waals surface area contributed by atoms with Crippen molar-refractivity contribution in [3.63, 3.8) is 0 Å². The van der Waals surface area contributed by atoms with Crippen LogP contribution in [0.1, 0.15) is 21.5 Å². The summed E-state index contributed by atoms with van der Waals surface area (Å²) in [6.45, 7) is 3.33. The van der Waals surface area contributed by atoms with Crippen LogP contribution >= 0.6 is 0 Å². The summed E-state index contributed by atoms with van der Waals surface area (Å²) < 4.78 is 5.13. The number of nitrogens with zero attached hydrogens (tertiary/aromatic N) is 1. The van der Waals surface area contributed by atoms with Gasteiger partial charge in [0.25, 0.3) is 5.91 Å². The van der Waals surface area contributed by atoms with Crippen molar-refractivity contribution in [2.75, 3.05) is 23.4 Å². The van der Waals surface area contributed by atoms with E-state index in [1.54, 1.807) is 36.4 Å². The van der Waals surface area contributed by atoms with E-state index < -0.39 is 18.5 Å². The number of para-hydroxylation sites is 2. The average molecular weight is 338 g/mol. The molecule has 0 saturated heterocycles. The van der Waals surface area contributed by atoms with Crippen molar-refractivity contribution in [2.45, 2.75) is 13.8 Å². The molecule has 1 aliphatic rings. The molecule has 2 amide bonds. The number of fused-ring (bicyclic) bond motifs is 1. The highest BCUT2D eigenvalue weighted by molar-refractivity contribution is 6.10. The maximum Gasteiger partial charge on any atom is 0.338 e. The number of benzene rings is 2. The number of carbonyl (C=O) groups is 3. The number of rotatable bonds is 3. The van der Waals surface area contributed by atoms with Crippen molar-refractivity contribution >= 4 is 29.2 Å². The lowest BCUT2D eigenvalue weighted by molar-refractivity contribution is -0.124. The van der Waals surface area contributed by atoms with Gasteiger partial charge in [0.05, 0.1) is 16.9 Å². The van der Waals surface area contributed by atoms with Crippen LogP contribution in [-0.2, 0) is 14.3 Å². The van der Waals surface area contributed by atoms with Crippen molar-refractivity contribution in [1.82, 2.24) is 0 Å². The van der Waals surface area contributed by atoms with Crippen LogP contribution in [0, 0.1) is 13.8 Å². The summed E-state index contributed by atoms with van der Waals surface area (Å²) >= 11 is 0. The number of ether oxygens (including phenoxy) is 1. The van der Waals surface area contributed by atoms with E-state index in [1.165, 1.54) is 4.90 Å². The first-order chi connectivity index (χ1) is 12.0. The zero-order chi connectivity index (χ0) is 18.0. The summed E-state index contributed by atoms with van der Waals surface area (Å²) in [5.41, 5.74) is 3.60. The van der Waals surface area contributed by atoms with Crippen molar-refractivity contribution < 1.29 is 19.1 Å². The quantitative estimate of drug-likeness (QED) is 0.872. The molecule has 6 heteroatoms. The van der Waals surface area contributed by atoms with E-state index in [1.807, 2.05) is 19.9 Å². The molecule has 0 radical (unpaired) electrons. The van der Waals surface area contributed by atoms with Gasteiger partial charge in [-0.3, -0.25) is 14.5 Å². The van der Waals surface area contributed by atoms with E-state index in [0.717, 1.165) is 11.1 Å². The Kier molecular flexibility index (Phi) is 4.52. The minimum atomic E-state index is -0.564. The molecular formula is C19H18N2O4. The fourth-order valence-corrected chi connectivity index (χ4v) is 2.61. The van der Waals surface area contributed by atoms with Gasteiger partial charge in [-0.2, -0.15) is 0 Å². The minimum Gasteiger partial charge on any atom is -0.452 e. The second-order valence-electron chi connectivity index (χ2n) is 5.92. The molecule has 1 heterocycles. The predicted octanol–water partition coefficient (Wildman–Crippen LogP) is 2.45. The predicted molar refractivity (Wildman–Crippen MR) is 93.6 cm³/mol. The zero-order valence-electron chi connectivity index (χ0n) is 14.0. The number of nitrogens with one attached hydrogen (secondary N) is 1. The first kappa shape index (κ1) is 16.7. The molecule has 25 heavy (non-hydrogen) atoms. The van der Waals surface area contributed by atoms with Gasteiger partial charge in [0.15, 0.2) is 6.61 Å². The normalized spacial score (nSPS) is 13.0. The van der Waals surface area contributed by atoms with E-state index in [0.29, 0.717) is 16.9 Å². The molecule has 3 rings (SSSR count). The molecule has 0 unspecified atom stereocenters. The number of carbonyl (C=O) groups excluding carboxylic acids is 3. The van der Waals surface area contributed by atoms with Crippen molar-refractivity contribution in [1.29, 1.82) is 0 Å². The summed E-state index contributed by atoms with van der Waals surface area (Å²) in [4.78, 5) is 37.6. The summed E-state index contributed by atoms with van der Waals surface area (Å²) in [6, 6.07) is 12.2. The minimum absolute atomic E-state index is 0.100. The lowest BCUT2D eigenvalue weighted by atomic mass is 10.1. The Morgan fingerprint density at radius 2 is 1.88 bits per heavy atom. The molecule has 0 atom stereocenters. The molecule has 2 aromatic rings. The van der Waals surface area contributed by atoms with Crippen LogP contribution < -0.4 is 10.2 Å². The number of amides is 2. The summed E-state index contributed by atoms with van der Waals surface area (Å²) in [5.74, 6) is -1.29. The van der Waals surface area contributed by atoms with Gasteiger partial charge in [0.1, 0.15) is 6.54 Å². The van der Waals surface area contributed by atoms with E-state index in [9.17, 15) is 14.4 Å². The molecule has 1 aliphatic heterocycles. The van der Waals surface area contributed by atoms with Gasteiger partial charge in [-0.1, -0.05) is 18.2 Å². The molecule has 0 saturated carbocycles. The Hall–Kier alpha value is -3.15. The van der Waals surface area contributed by atoms with Crippen LogP contribution in [-0.4, -0.2) is 30.9 Å². The molecule has 0 aliphatic carbocycles. The Morgan fingerprint density at radius 3 is 2.64 bits per heavy atom. The van der Waals surface area contributed by atoms with E-state index in [2.05, 4.69) is 5.32 Å². The topological polar surface area (TPSA) is 75.7 Å². The molecule has 0 fully saturated rings. The van der Waals surface area contributed by atoms with Gasteiger partial charge in [0.2, 0.25) is 5.91 Å². The Labute approximate surface area is 145 Å². The van der Waals surface area contributed by atoms with Crippen LogP contribution in [0.4, 0.5) is 11.4 Å². The third-order valence-corrected chi connectivity index (χ3v) is 4.14. The number of hydrogen-bond donors (Lipinski definition) is 1. The lowest BCUT2D eigenvalue weighted by Crippen LogP contribution is -2.44. The van der Waals surface area contributed by atoms with Gasteiger partial charge in [0, 0.05) is 0 Å². The standard InChI is InChI=1S/C19H18N2O4/c1-12-7-8-14(9-13(12)2)19(24)25-11-18(23)21-10-17(22)20-15-5-3-4-6-16(15)21/h3-9H,10-11H2,1-2H3,(H,20,22). The van der Waals surface area contributed by atoms with E-state index in [-0.39, 0.29) is 12.5 Å². The molecule has 0 aromatic heterocycles. The second-order valence-corrected chi connectivity index (χ2v) is 5.92. The third-order valence-electron chi connectivity index (χ3n) is 4.14. The SMILES string of the molecule is Cc1ccc(C(=O)OCC(=O)N2CC(=O)Nc3ccccc32)cc1C. The number of aryl methyl sites for hydroxylation is 2. The number of hydrogen-bond acceptors (Lipinski definition) is 4. The molecular weight excluding hydrogens is 320 g/mol. The fourth-order valence-electron chi connectivity index (χ4n) is 2.61. The molecule has 1 N–H and O–H groups in total. The van der Waals surface area contributed by atoms with Crippen LogP contribution in [0.25, 0.3) is 0 Å². The van der Waals surface area contributed by atoms with Crippen molar-refractivity contribution in [3.8, 4) is 0 Å². The van der Waals surface area contributed by atoms with Crippen molar-refractivity contribution in [3.05, 3.63) is 59.2 Å². The van der Waals surface area contributed by atoms with Gasteiger partial charge in [-0.25, -0.2) is 4.79 Å². The highest BCUT2D eigenvalue weighted by Gasteiger charge is 2.27. The zero-order valence-corrected chi connectivity index (χ0v) is 14.0. The number of esters is 1. The fraction of sp³-hybridized carbons (Fsp3) is 0.211. The van der Waals surface area contributed by atoms with Crippen LogP contribution in [0.15, 0.2) is 42.5 Å². The van der Waals surface area contributed by atoms with Crippen LogP contribution in [0.3, 0.4) is 0 Å². The average Bonchev–Trinajstić information content (AvgIpc) is 2.60. The second kappa shape index (κ2) is 6.76. The Balaban J connectivity index is 1.69. The van der Waals surface area contributed by atoms with Crippen LogP contribution in [0.5, 0.6) is 0 Å². The maximum atomic E-state index is 12.4. The van der Waals surface area contributed by atoms with Crippen molar-refractivity contribution in [2.24, 2.45) is 0 Å². The lowest BCUT2D eigenvalue weighted by Gasteiger charge is -2.28. The maximum absolute atomic E-state index is 12.4. The van der Waals surface area contributed by atoms with E-state index >= 15 is 0 Å². The highest BCUT2D eigenvalue weighted by atomic mass is 16.5. The Morgan fingerprint density at radius 1 is 1.12 bits per heavy atom. The summed E-state index contributed by atoms with van der Waals surface area (Å²) in [5, 5.41) is 2.71. The molecule has 2 aromatic carbocycles. The van der Waals surface area contributed by atoms with Gasteiger partial charge < -0.3 is 10.1 Å². The molecule has 0 spiro atoms. The highest BCUT2D eigenvalue weighted by Crippen LogP contribution is 2.28. The van der Waals surface area contributed by atoms with Crippen LogP contribution in [0.2, 0.25) is 0 Å². The first-order valence-electron chi connectivity index (χ1n) is 7.89. The Bertz CT molecular complexity index is 860. The number of anilines is 2. The molecule has 0 bridgehead atoms. The largest absolute Gasteiger partial charge is 0.452 e. The van der Waals surface area contributed by atoms with Gasteiger partial charge in [-0.05, 0) is 49.2 Å². The summed E-state index contributed by atoms with van der Waals surface area (Å²) in [7, 11) is 0. The summed E-state index contributed by atoms with van der Waals surface area (Å²) in [6.07, 6.45) is 0. The third kappa shape index (κ3) is 3.52. The van der Waals surface area contributed by atoms with E-state index in [4.69, 9.17) is 4.74 Å². The first-order valence-corrected chi connectivity index (χ1v) is 7.89. The molecule has 6 nitrogen and oxygen atoms in total. The smallest absolute Gasteiger partial charge is 0.338 e.